The minimum Gasteiger partial charge on any atom is -0.276 e. The topological polar surface area (TPSA) is 17.1 Å². The summed E-state index contributed by atoms with van der Waals surface area (Å²) in [5.41, 5.74) is 0. The van der Waals surface area contributed by atoms with E-state index in [1.165, 1.54) is 12.2 Å². The van der Waals surface area contributed by atoms with E-state index in [9.17, 15) is 4.79 Å². The third-order valence-corrected chi connectivity index (χ3v) is 0.726. The SMILES string of the molecule is O=C(Cl)C=CC#CCCl. The Bertz CT molecular complexity index is 173. The summed E-state index contributed by atoms with van der Waals surface area (Å²) in [6.07, 6.45) is 2.53. The fourth-order valence-corrected chi connectivity index (χ4v) is 0.345. The first-order valence-electron chi connectivity index (χ1n) is 2.17. The molecule has 0 aliphatic rings. The maximum Gasteiger partial charge on any atom is 0.245 e. The summed E-state index contributed by atoms with van der Waals surface area (Å²) in [4.78, 5) is 9.98. The van der Waals surface area contributed by atoms with Gasteiger partial charge in [0.2, 0.25) is 5.24 Å². The van der Waals surface area contributed by atoms with E-state index in [0.29, 0.717) is 0 Å². The van der Waals surface area contributed by atoms with Gasteiger partial charge in [-0.15, -0.1) is 11.6 Å². The zero-order valence-electron chi connectivity index (χ0n) is 4.53. The fourth-order valence-electron chi connectivity index (χ4n) is 0.205. The molecule has 0 aromatic rings. The molecule has 9 heavy (non-hydrogen) atoms. The van der Waals surface area contributed by atoms with Crippen LogP contribution in [0.15, 0.2) is 12.2 Å². The van der Waals surface area contributed by atoms with Gasteiger partial charge in [-0.05, 0) is 17.7 Å². The van der Waals surface area contributed by atoms with Gasteiger partial charge in [0.1, 0.15) is 0 Å². The third-order valence-electron chi connectivity index (χ3n) is 0.467. The molecule has 0 aliphatic heterocycles. The summed E-state index contributed by atoms with van der Waals surface area (Å²) in [7, 11) is 0. The summed E-state index contributed by atoms with van der Waals surface area (Å²) < 4.78 is 0. The fraction of sp³-hybridized carbons (Fsp3) is 0.167. The van der Waals surface area contributed by atoms with Crippen LogP contribution in [-0.2, 0) is 4.79 Å². The van der Waals surface area contributed by atoms with Crippen molar-refractivity contribution in [3.63, 3.8) is 0 Å². The van der Waals surface area contributed by atoms with Crippen molar-refractivity contribution in [1.82, 2.24) is 0 Å². The lowest BCUT2D eigenvalue weighted by Crippen LogP contribution is -1.72. The molecule has 0 saturated carbocycles. The van der Waals surface area contributed by atoms with Crippen LogP contribution in [-0.4, -0.2) is 11.1 Å². The number of carbonyl (C=O) groups is 1. The number of carbonyl (C=O) groups excluding carboxylic acids is 1. The molecule has 0 heterocycles. The van der Waals surface area contributed by atoms with Crippen LogP contribution < -0.4 is 0 Å². The molecule has 0 atom stereocenters. The highest BCUT2D eigenvalue weighted by Crippen LogP contribution is 1.80. The predicted molar refractivity (Wildman–Crippen MR) is 38.5 cm³/mol. The number of hydrogen-bond donors (Lipinski definition) is 0. The van der Waals surface area contributed by atoms with E-state index in [0.717, 1.165) is 0 Å². The van der Waals surface area contributed by atoms with Crippen LogP contribution >= 0.6 is 23.2 Å². The van der Waals surface area contributed by atoms with E-state index in [1.807, 2.05) is 0 Å². The molecule has 1 nitrogen and oxygen atoms in total. The minimum atomic E-state index is -0.529. The summed E-state index contributed by atoms with van der Waals surface area (Å²) >= 11 is 10.1. The molecule has 0 aromatic heterocycles. The Morgan fingerprint density at radius 3 is 2.78 bits per heavy atom. The Kier molecular flexibility index (Phi) is 5.40. The largest absolute Gasteiger partial charge is 0.276 e. The number of allylic oxidation sites excluding steroid dienone is 2. The first-order valence-corrected chi connectivity index (χ1v) is 3.09. The summed E-state index contributed by atoms with van der Waals surface area (Å²) in [5.74, 6) is 5.28. The second-order valence-electron chi connectivity index (χ2n) is 1.09. The molecule has 0 spiro atoms. The molecule has 3 heteroatoms. The summed E-state index contributed by atoms with van der Waals surface area (Å²) in [6, 6.07) is 0. The van der Waals surface area contributed by atoms with E-state index in [4.69, 9.17) is 23.2 Å². The number of hydrogen-bond acceptors (Lipinski definition) is 1. The average Bonchev–Trinajstić information content (AvgIpc) is 1.80. The van der Waals surface area contributed by atoms with Gasteiger partial charge in [0.15, 0.2) is 0 Å². The maximum absolute atomic E-state index is 9.98. The summed E-state index contributed by atoms with van der Waals surface area (Å²) in [6.45, 7) is 0. The van der Waals surface area contributed by atoms with Crippen LogP contribution in [0.4, 0.5) is 0 Å². The Morgan fingerprint density at radius 2 is 2.33 bits per heavy atom. The molecule has 0 saturated heterocycles. The highest BCUT2D eigenvalue weighted by Gasteiger charge is 1.79. The quantitative estimate of drug-likeness (QED) is 0.248. The van der Waals surface area contributed by atoms with Gasteiger partial charge in [-0.25, -0.2) is 0 Å². The third kappa shape index (κ3) is 7.55. The van der Waals surface area contributed by atoms with Crippen LogP contribution in [0, 0.1) is 11.8 Å². The molecule has 0 rings (SSSR count). The van der Waals surface area contributed by atoms with Gasteiger partial charge >= 0.3 is 0 Å². The molecular weight excluding hydrogens is 159 g/mol. The van der Waals surface area contributed by atoms with Gasteiger partial charge in [0.05, 0.1) is 5.88 Å². The van der Waals surface area contributed by atoms with Crippen molar-refractivity contribution in [3.05, 3.63) is 12.2 Å². The van der Waals surface area contributed by atoms with E-state index >= 15 is 0 Å². The van der Waals surface area contributed by atoms with Crippen molar-refractivity contribution in [2.75, 3.05) is 5.88 Å². The predicted octanol–water partition coefficient (Wildman–Crippen LogP) is 1.55. The second-order valence-corrected chi connectivity index (χ2v) is 1.73. The maximum atomic E-state index is 9.98. The first kappa shape index (κ1) is 8.55. The monoisotopic (exact) mass is 162 g/mol. The van der Waals surface area contributed by atoms with Gasteiger partial charge in [-0.3, -0.25) is 4.79 Å². The zero-order valence-corrected chi connectivity index (χ0v) is 6.04. The normalized spacial score (nSPS) is 8.67. The van der Waals surface area contributed by atoms with Crippen molar-refractivity contribution in [2.24, 2.45) is 0 Å². The van der Waals surface area contributed by atoms with Crippen LogP contribution in [0.5, 0.6) is 0 Å². The molecule has 0 radical (unpaired) electrons. The van der Waals surface area contributed by atoms with E-state index in [-0.39, 0.29) is 5.88 Å². The van der Waals surface area contributed by atoms with Gasteiger partial charge in [-0.1, -0.05) is 11.8 Å². The summed E-state index contributed by atoms with van der Waals surface area (Å²) in [5, 5.41) is -0.529. The van der Waals surface area contributed by atoms with Crippen molar-refractivity contribution >= 4 is 28.4 Å². The minimum absolute atomic E-state index is 0.265. The van der Waals surface area contributed by atoms with E-state index < -0.39 is 5.24 Å². The van der Waals surface area contributed by atoms with Gasteiger partial charge in [0.25, 0.3) is 0 Å². The van der Waals surface area contributed by atoms with Gasteiger partial charge < -0.3 is 0 Å². The second kappa shape index (κ2) is 5.68. The Labute approximate surface area is 63.6 Å². The lowest BCUT2D eigenvalue weighted by atomic mass is 10.5. The molecule has 0 fully saturated rings. The van der Waals surface area contributed by atoms with Crippen molar-refractivity contribution in [1.29, 1.82) is 0 Å². The van der Waals surface area contributed by atoms with Crippen LogP contribution in [0.2, 0.25) is 0 Å². The zero-order chi connectivity index (χ0) is 7.11. The highest BCUT2D eigenvalue weighted by atomic mass is 35.5. The smallest absolute Gasteiger partial charge is 0.245 e. The Balaban J connectivity index is 3.59. The van der Waals surface area contributed by atoms with Crippen LogP contribution in [0.1, 0.15) is 0 Å². The Hall–Kier alpha value is -0.450. The standard InChI is InChI=1S/C6H4Cl2O/c7-5-3-1-2-4-6(8)9/h2,4H,5H2. The first-order chi connectivity index (χ1) is 4.27. The molecule has 0 unspecified atom stereocenters. The van der Waals surface area contributed by atoms with Crippen molar-refractivity contribution < 1.29 is 4.79 Å². The molecule has 0 aromatic carbocycles. The van der Waals surface area contributed by atoms with Gasteiger partial charge in [-0.2, -0.15) is 0 Å². The molecule has 0 amide bonds. The Morgan fingerprint density at radius 1 is 1.67 bits per heavy atom. The number of rotatable bonds is 1. The molecule has 48 valence electrons. The molecular formula is C6H4Cl2O. The average molecular weight is 163 g/mol. The van der Waals surface area contributed by atoms with Crippen LogP contribution in [0.3, 0.4) is 0 Å². The number of alkyl halides is 1. The van der Waals surface area contributed by atoms with Crippen LogP contribution in [0.25, 0.3) is 0 Å². The lowest BCUT2D eigenvalue weighted by Gasteiger charge is -1.68. The molecule has 0 N–H and O–H groups in total. The number of halogens is 2. The van der Waals surface area contributed by atoms with Crippen molar-refractivity contribution in [3.8, 4) is 11.8 Å². The van der Waals surface area contributed by atoms with E-state index in [1.54, 1.807) is 0 Å². The van der Waals surface area contributed by atoms with Crippen molar-refractivity contribution in [2.45, 2.75) is 0 Å². The molecule has 0 aliphatic carbocycles. The van der Waals surface area contributed by atoms with Gasteiger partial charge in [0, 0.05) is 6.08 Å². The molecule has 0 bridgehead atoms. The highest BCUT2D eigenvalue weighted by molar-refractivity contribution is 6.66. The lowest BCUT2D eigenvalue weighted by molar-refractivity contribution is -0.107. The van der Waals surface area contributed by atoms with E-state index in [2.05, 4.69) is 11.8 Å².